The third-order valence-corrected chi connectivity index (χ3v) is 4.84. The van der Waals surface area contributed by atoms with Gasteiger partial charge in [0.05, 0.1) is 13.2 Å². The minimum atomic E-state index is -0.493. The Bertz CT molecular complexity index is 615. The van der Waals surface area contributed by atoms with Gasteiger partial charge in [0.15, 0.2) is 0 Å². The van der Waals surface area contributed by atoms with Crippen molar-refractivity contribution in [3.05, 3.63) is 29.8 Å². The van der Waals surface area contributed by atoms with E-state index in [-0.39, 0.29) is 11.3 Å². The quantitative estimate of drug-likeness (QED) is 0.684. The first-order valence-corrected chi connectivity index (χ1v) is 9.05. The van der Waals surface area contributed by atoms with Gasteiger partial charge in [-0.1, -0.05) is 18.2 Å². The van der Waals surface area contributed by atoms with Crippen molar-refractivity contribution in [2.75, 3.05) is 33.4 Å². The predicted octanol–water partition coefficient (Wildman–Crippen LogP) is 1.57. The van der Waals surface area contributed by atoms with Gasteiger partial charge in [0.25, 0.3) is 0 Å². The van der Waals surface area contributed by atoms with Crippen LogP contribution in [0.3, 0.4) is 0 Å². The normalized spacial score (nSPS) is 17.2. The van der Waals surface area contributed by atoms with Crippen LogP contribution >= 0.6 is 0 Å². The van der Waals surface area contributed by atoms with Gasteiger partial charge in [-0.25, -0.2) is 4.79 Å². The summed E-state index contributed by atoms with van der Waals surface area (Å²) in [5, 5.41) is 8.18. The fraction of sp³-hybridized carbons (Fsp3) is 0.579. The lowest BCUT2D eigenvalue weighted by Crippen LogP contribution is -2.52. The van der Waals surface area contributed by atoms with E-state index in [0.29, 0.717) is 26.3 Å². The maximum atomic E-state index is 12.2. The lowest BCUT2D eigenvalue weighted by molar-refractivity contribution is -0.121. The lowest BCUT2D eigenvalue weighted by atomic mass is 9.73. The average molecular weight is 363 g/mol. The molecule has 0 saturated carbocycles. The Balaban J connectivity index is 2.09. The third-order valence-electron chi connectivity index (χ3n) is 4.84. The molecule has 0 spiro atoms. The molecular formula is C19H29N3O4. The van der Waals surface area contributed by atoms with Crippen LogP contribution in [0.1, 0.15) is 32.3 Å². The fourth-order valence-corrected chi connectivity index (χ4v) is 3.25. The number of ether oxygens (including phenoxy) is 2. The Hall–Kier alpha value is -2.12. The predicted molar refractivity (Wildman–Crippen MR) is 99.4 cm³/mol. The number of urea groups is 1. The van der Waals surface area contributed by atoms with E-state index in [1.165, 1.54) is 0 Å². The molecule has 1 heterocycles. The Kier molecular flexibility index (Phi) is 7.41. The maximum Gasteiger partial charge on any atom is 0.321 e. The number of hydrogen-bond donors (Lipinski definition) is 3. The summed E-state index contributed by atoms with van der Waals surface area (Å²) in [6.45, 7) is 5.95. The molecule has 2 rings (SSSR count). The Morgan fingerprint density at radius 3 is 2.62 bits per heavy atom. The summed E-state index contributed by atoms with van der Waals surface area (Å²) >= 11 is 0. The van der Waals surface area contributed by atoms with Crippen molar-refractivity contribution in [2.24, 2.45) is 0 Å². The Morgan fingerprint density at radius 2 is 1.96 bits per heavy atom. The number of para-hydroxylation sites is 1. The summed E-state index contributed by atoms with van der Waals surface area (Å²) in [6.07, 6.45) is 1.68. The molecule has 0 aromatic heterocycles. The van der Waals surface area contributed by atoms with Crippen LogP contribution < -0.4 is 20.7 Å². The van der Waals surface area contributed by atoms with Gasteiger partial charge in [-0.3, -0.25) is 10.1 Å². The zero-order valence-electron chi connectivity index (χ0n) is 15.8. The first-order valence-electron chi connectivity index (χ1n) is 9.05. The van der Waals surface area contributed by atoms with Gasteiger partial charge in [-0.15, -0.1) is 0 Å². The van der Waals surface area contributed by atoms with Crippen molar-refractivity contribution in [2.45, 2.75) is 38.1 Å². The Labute approximate surface area is 154 Å². The number of carbonyl (C=O) groups excluding carboxylic acids is 2. The van der Waals surface area contributed by atoms with Gasteiger partial charge in [0, 0.05) is 37.3 Å². The first kappa shape index (κ1) is 20.2. The summed E-state index contributed by atoms with van der Waals surface area (Å²) in [5.41, 5.74) is 0.945. The SMILES string of the molecule is CCNC(=O)NC(=O)C(C)NCC1(c2ccccc2OC)CCOCC1. The van der Waals surface area contributed by atoms with Gasteiger partial charge in [-0.05, 0) is 32.8 Å². The van der Waals surface area contributed by atoms with E-state index in [1.54, 1.807) is 21.0 Å². The number of benzene rings is 1. The van der Waals surface area contributed by atoms with Gasteiger partial charge in [0.2, 0.25) is 5.91 Å². The molecule has 1 saturated heterocycles. The fourth-order valence-electron chi connectivity index (χ4n) is 3.25. The number of hydrogen-bond acceptors (Lipinski definition) is 5. The van der Waals surface area contributed by atoms with E-state index in [2.05, 4.69) is 22.0 Å². The number of methoxy groups -OCH3 is 1. The molecule has 3 N–H and O–H groups in total. The summed E-state index contributed by atoms with van der Waals surface area (Å²) in [6, 6.07) is 7.01. The highest BCUT2D eigenvalue weighted by atomic mass is 16.5. The van der Waals surface area contributed by atoms with Crippen LogP contribution in [0.4, 0.5) is 4.79 Å². The largest absolute Gasteiger partial charge is 0.496 e. The molecule has 26 heavy (non-hydrogen) atoms. The van der Waals surface area contributed by atoms with E-state index in [9.17, 15) is 9.59 Å². The molecule has 1 unspecified atom stereocenters. The van der Waals surface area contributed by atoms with Gasteiger partial charge in [-0.2, -0.15) is 0 Å². The van der Waals surface area contributed by atoms with Crippen LogP contribution in [0, 0.1) is 0 Å². The summed E-state index contributed by atoms with van der Waals surface area (Å²) in [4.78, 5) is 23.7. The molecule has 3 amide bonds. The summed E-state index contributed by atoms with van der Waals surface area (Å²) < 4.78 is 11.1. The summed E-state index contributed by atoms with van der Waals surface area (Å²) in [7, 11) is 1.67. The number of amides is 3. The third kappa shape index (κ3) is 4.95. The highest BCUT2D eigenvalue weighted by molar-refractivity contribution is 5.96. The van der Waals surface area contributed by atoms with Gasteiger partial charge < -0.3 is 20.1 Å². The molecule has 7 heteroatoms. The van der Waals surface area contributed by atoms with Crippen molar-refractivity contribution in [1.82, 2.24) is 16.0 Å². The van der Waals surface area contributed by atoms with E-state index in [4.69, 9.17) is 9.47 Å². The van der Waals surface area contributed by atoms with E-state index in [1.807, 2.05) is 18.2 Å². The van der Waals surface area contributed by atoms with Gasteiger partial charge in [0.1, 0.15) is 5.75 Å². The monoisotopic (exact) mass is 363 g/mol. The molecule has 1 aliphatic rings. The molecule has 1 aliphatic heterocycles. The van der Waals surface area contributed by atoms with Crippen molar-refractivity contribution in [1.29, 1.82) is 0 Å². The van der Waals surface area contributed by atoms with E-state index in [0.717, 1.165) is 24.2 Å². The molecule has 1 fully saturated rings. The maximum absolute atomic E-state index is 12.2. The second-order valence-electron chi connectivity index (χ2n) is 6.54. The second kappa shape index (κ2) is 9.54. The van der Waals surface area contributed by atoms with Crippen molar-refractivity contribution in [3.63, 3.8) is 0 Å². The highest BCUT2D eigenvalue weighted by Crippen LogP contribution is 2.39. The molecule has 0 aliphatic carbocycles. The molecule has 1 atom stereocenters. The number of rotatable bonds is 7. The van der Waals surface area contributed by atoms with E-state index < -0.39 is 12.1 Å². The standard InChI is InChI=1S/C19H29N3O4/c1-4-20-18(24)22-17(23)14(2)21-13-19(9-11-26-12-10-19)15-7-5-6-8-16(15)25-3/h5-8,14,21H,4,9-13H2,1-3H3,(H2,20,22,23,24). The zero-order valence-corrected chi connectivity index (χ0v) is 15.8. The zero-order chi connectivity index (χ0) is 19.0. The number of imide groups is 1. The van der Waals surface area contributed by atoms with Crippen molar-refractivity contribution < 1.29 is 19.1 Å². The molecule has 0 radical (unpaired) electrons. The highest BCUT2D eigenvalue weighted by Gasteiger charge is 2.37. The molecule has 1 aromatic rings. The van der Waals surface area contributed by atoms with Crippen LogP contribution in [0.15, 0.2) is 24.3 Å². The molecular weight excluding hydrogens is 334 g/mol. The first-order chi connectivity index (χ1) is 12.5. The van der Waals surface area contributed by atoms with Crippen molar-refractivity contribution in [3.8, 4) is 5.75 Å². The second-order valence-corrected chi connectivity index (χ2v) is 6.54. The average Bonchev–Trinajstić information content (AvgIpc) is 2.67. The molecule has 7 nitrogen and oxygen atoms in total. The summed E-state index contributed by atoms with van der Waals surface area (Å²) in [5.74, 6) is 0.494. The van der Waals surface area contributed by atoms with Crippen LogP contribution in [-0.4, -0.2) is 51.4 Å². The molecule has 1 aromatic carbocycles. The van der Waals surface area contributed by atoms with Crippen LogP contribution in [0.5, 0.6) is 5.75 Å². The lowest BCUT2D eigenvalue weighted by Gasteiger charge is -2.39. The van der Waals surface area contributed by atoms with Crippen LogP contribution in [0.2, 0.25) is 0 Å². The van der Waals surface area contributed by atoms with Crippen LogP contribution in [-0.2, 0) is 14.9 Å². The minimum Gasteiger partial charge on any atom is -0.496 e. The van der Waals surface area contributed by atoms with Crippen molar-refractivity contribution >= 4 is 11.9 Å². The topological polar surface area (TPSA) is 88.7 Å². The number of carbonyl (C=O) groups is 2. The molecule has 144 valence electrons. The van der Waals surface area contributed by atoms with Gasteiger partial charge >= 0.3 is 6.03 Å². The van der Waals surface area contributed by atoms with E-state index >= 15 is 0 Å². The smallest absolute Gasteiger partial charge is 0.321 e. The molecule has 0 bridgehead atoms. The minimum absolute atomic E-state index is 0.176. The number of nitrogens with one attached hydrogen (secondary N) is 3. The Morgan fingerprint density at radius 1 is 1.27 bits per heavy atom. The van der Waals surface area contributed by atoms with Crippen LogP contribution in [0.25, 0.3) is 0 Å².